The van der Waals surface area contributed by atoms with Gasteiger partial charge in [0.2, 0.25) is 0 Å². The molecule has 0 spiro atoms. The molecule has 2 atom stereocenters. The first-order valence-electron chi connectivity index (χ1n) is 10.2. The second kappa shape index (κ2) is 19.4. The van der Waals surface area contributed by atoms with E-state index in [9.17, 15) is 8.76 Å². The predicted octanol–water partition coefficient (Wildman–Crippen LogP) is 5.26. The molecule has 0 aromatic heterocycles. The van der Waals surface area contributed by atoms with Gasteiger partial charge in [0.05, 0.1) is 18.0 Å². The summed E-state index contributed by atoms with van der Waals surface area (Å²) >= 11 is -2.39. The normalized spacial score (nSPS) is 14.0. The lowest BCUT2D eigenvalue weighted by Gasteiger charge is -2.17. The molecule has 0 heterocycles. The topological polar surface area (TPSA) is 61.4 Å². The van der Waals surface area contributed by atoms with E-state index in [0.717, 1.165) is 6.42 Å². The van der Waals surface area contributed by atoms with Gasteiger partial charge in [0.25, 0.3) is 0 Å². The van der Waals surface area contributed by atoms with E-state index in [0.29, 0.717) is 12.6 Å². The predicted molar refractivity (Wildman–Crippen MR) is 103 cm³/mol. The van der Waals surface area contributed by atoms with Gasteiger partial charge < -0.3 is 9.87 Å². The van der Waals surface area contributed by atoms with Crippen molar-refractivity contribution in [2.45, 2.75) is 110 Å². The van der Waals surface area contributed by atoms with Crippen LogP contribution in [0.5, 0.6) is 0 Å². The van der Waals surface area contributed by atoms with Gasteiger partial charge in [-0.2, -0.15) is 0 Å². The molecule has 0 aliphatic carbocycles. The molecule has 0 rings (SSSR count). The Morgan fingerprint density at radius 3 is 1.83 bits per heavy atom. The SMILES string of the molecule is CCCCCCCCCCCCCCC(CC)NCCOS(=O)[O-]. The van der Waals surface area contributed by atoms with E-state index >= 15 is 0 Å². The molecular weight excluding hydrogens is 322 g/mol. The van der Waals surface area contributed by atoms with Gasteiger partial charge in [0.1, 0.15) is 0 Å². The Labute approximate surface area is 153 Å². The molecule has 5 heteroatoms. The van der Waals surface area contributed by atoms with Crippen LogP contribution < -0.4 is 5.32 Å². The molecule has 4 nitrogen and oxygen atoms in total. The Balaban J connectivity index is 3.27. The quantitative estimate of drug-likeness (QED) is 0.251. The van der Waals surface area contributed by atoms with Crippen LogP contribution in [0, 0.1) is 0 Å². The minimum absolute atomic E-state index is 0.227. The van der Waals surface area contributed by atoms with Gasteiger partial charge in [-0.15, -0.1) is 0 Å². The second-order valence-electron chi connectivity index (χ2n) is 6.76. The molecule has 0 aromatic carbocycles. The van der Waals surface area contributed by atoms with Crippen molar-refractivity contribution in [2.24, 2.45) is 0 Å². The molecule has 0 saturated carbocycles. The second-order valence-corrected chi connectivity index (χ2v) is 7.41. The van der Waals surface area contributed by atoms with Crippen molar-refractivity contribution in [1.29, 1.82) is 0 Å². The zero-order valence-electron chi connectivity index (χ0n) is 16.0. The average Bonchev–Trinajstić information content (AvgIpc) is 2.57. The molecule has 24 heavy (non-hydrogen) atoms. The van der Waals surface area contributed by atoms with E-state index in [1.165, 1.54) is 83.5 Å². The van der Waals surface area contributed by atoms with Gasteiger partial charge in [-0.05, 0) is 12.8 Å². The maximum absolute atomic E-state index is 10.3. The standard InChI is InChI=1S/C19H41NO3S/c1-3-5-6-7-8-9-10-11-12-13-14-15-16-19(4-2)20-17-18-23-24(21)22/h19-20H,3-18H2,1-2H3,(H,21,22)/p-1. The Bertz CT molecular complexity index is 277. The van der Waals surface area contributed by atoms with Crippen LogP contribution in [0.3, 0.4) is 0 Å². The minimum atomic E-state index is -2.39. The van der Waals surface area contributed by atoms with Crippen LogP contribution in [-0.4, -0.2) is 28.0 Å². The van der Waals surface area contributed by atoms with Crippen molar-refractivity contribution in [2.75, 3.05) is 13.2 Å². The number of hydrogen-bond acceptors (Lipinski definition) is 4. The first-order valence-corrected chi connectivity index (χ1v) is 11.2. The van der Waals surface area contributed by atoms with Crippen molar-refractivity contribution >= 4 is 11.4 Å². The Hall–Kier alpha value is 0.0300. The van der Waals surface area contributed by atoms with Crippen molar-refractivity contribution in [3.8, 4) is 0 Å². The zero-order valence-corrected chi connectivity index (χ0v) is 16.8. The van der Waals surface area contributed by atoms with Gasteiger partial charge in [-0.25, -0.2) is 4.21 Å². The van der Waals surface area contributed by atoms with E-state index < -0.39 is 11.4 Å². The fourth-order valence-corrected chi connectivity index (χ4v) is 3.27. The van der Waals surface area contributed by atoms with Crippen LogP contribution >= 0.6 is 0 Å². The van der Waals surface area contributed by atoms with Crippen LogP contribution in [0.4, 0.5) is 0 Å². The minimum Gasteiger partial charge on any atom is -0.750 e. The van der Waals surface area contributed by atoms with Crippen molar-refractivity contribution < 1.29 is 12.9 Å². The molecule has 146 valence electrons. The molecule has 2 unspecified atom stereocenters. The van der Waals surface area contributed by atoms with E-state index in [2.05, 4.69) is 23.3 Å². The molecule has 0 aliphatic heterocycles. The lowest BCUT2D eigenvalue weighted by Crippen LogP contribution is -2.31. The molecule has 0 radical (unpaired) electrons. The van der Waals surface area contributed by atoms with Crippen LogP contribution in [-0.2, 0) is 15.5 Å². The Morgan fingerprint density at radius 2 is 1.38 bits per heavy atom. The summed E-state index contributed by atoms with van der Waals surface area (Å²) in [6.45, 7) is 5.27. The molecule has 0 amide bonds. The highest BCUT2D eigenvalue weighted by Gasteiger charge is 2.04. The van der Waals surface area contributed by atoms with Gasteiger partial charge in [-0.3, -0.25) is 4.18 Å². The smallest absolute Gasteiger partial charge is 0.0842 e. The number of hydrogen-bond donors (Lipinski definition) is 1. The maximum Gasteiger partial charge on any atom is 0.0842 e. The van der Waals surface area contributed by atoms with Crippen molar-refractivity contribution in [1.82, 2.24) is 5.32 Å². The molecule has 0 bridgehead atoms. The molecule has 0 aliphatic rings. The van der Waals surface area contributed by atoms with Gasteiger partial charge in [0, 0.05) is 12.6 Å². The summed E-state index contributed by atoms with van der Waals surface area (Å²) in [6.07, 6.45) is 18.8. The maximum atomic E-state index is 10.3. The third-order valence-corrected chi connectivity index (χ3v) is 4.97. The van der Waals surface area contributed by atoms with Crippen LogP contribution in [0.1, 0.15) is 104 Å². The monoisotopic (exact) mass is 362 g/mol. The fourth-order valence-electron chi connectivity index (χ4n) is 3.06. The van der Waals surface area contributed by atoms with Crippen molar-refractivity contribution in [3.63, 3.8) is 0 Å². The van der Waals surface area contributed by atoms with E-state index in [1.807, 2.05) is 0 Å². The van der Waals surface area contributed by atoms with E-state index in [1.54, 1.807) is 0 Å². The molecule has 1 N–H and O–H groups in total. The first-order chi connectivity index (χ1) is 11.7. The Morgan fingerprint density at radius 1 is 0.875 bits per heavy atom. The third-order valence-electron chi connectivity index (χ3n) is 4.61. The largest absolute Gasteiger partial charge is 0.750 e. The van der Waals surface area contributed by atoms with Crippen LogP contribution in [0.2, 0.25) is 0 Å². The Kier molecular flexibility index (Phi) is 19.4. The first kappa shape index (κ1) is 24.0. The van der Waals surface area contributed by atoms with Crippen LogP contribution in [0.15, 0.2) is 0 Å². The molecule has 0 fully saturated rings. The summed E-state index contributed by atoms with van der Waals surface area (Å²) in [4.78, 5) is 0. The molecule has 0 aromatic rings. The van der Waals surface area contributed by atoms with E-state index in [-0.39, 0.29) is 6.61 Å². The highest BCUT2D eigenvalue weighted by atomic mass is 32.2. The summed E-state index contributed by atoms with van der Waals surface area (Å²) in [7, 11) is 0. The summed E-state index contributed by atoms with van der Waals surface area (Å²) < 4.78 is 25.0. The molecule has 0 saturated heterocycles. The summed E-state index contributed by atoms with van der Waals surface area (Å²) in [5.74, 6) is 0. The van der Waals surface area contributed by atoms with Gasteiger partial charge in [0.15, 0.2) is 0 Å². The number of unbranched alkanes of at least 4 members (excludes halogenated alkanes) is 11. The van der Waals surface area contributed by atoms with Gasteiger partial charge in [-0.1, -0.05) is 90.9 Å². The summed E-state index contributed by atoms with van der Waals surface area (Å²) in [6, 6.07) is 0.483. The number of rotatable bonds is 19. The van der Waals surface area contributed by atoms with Crippen LogP contribution in [0.25, 0.3) is 0 Å². The third kappa shape index (κ3) is 18.4. The fraction of sp³-hybridized carbons (Fsp3) is 1.00. The number of nitrogens with one attached hydrogen (secondary N) is 1. The van der Waals surface area contributed by atoms with E-state index in [4.69, 9.17) is 0 Å². The zero-order chi connectivity index (χ0) is 17.9. The highest BCUT2D eigenvalue weighted by Crippen LogP contribution is 2.13. The average molecular weight is 363 g/mol. The van der Waals surface area contributed by atoms with Crippen molar-refractivity contribution in [3.05, 3.63) is 0 Å². The highest BCUT2D eigenvalue weighted by molar-refractivity contribution is 7.74. The van der Waals surface area contributed by atoms with Gasteiger partial charge >= 0.3 is 0 Å². The lowest BCUT2D eigenvalue weighted by molar-refractivity contribution is 0.288. The summed E-state index contributed by atoms with van der Waals surface area (Å²) in [5.41, 5.74) is 0. The molecular formula is C19H40NO3S-. The lowest BCUT2D eigenvalue weighted by atomic mass is 10.0. The summed E-state index contributed by atoms with van der Waals surface area (Å²) in [5, 5.41) is 3.37.